The van der Waals surface area contributed by atoms with Gasteiger partial charge < -0.3 is 15.0 Å². The van der Waals surface area contributed by atoms with Crippen molar-refractivity contribution in [3.05, 3.63) is 10.7 Å². The number of esters is 1. The Labute approximate surface area is 117 Å². The summed E-state index contributed by atoms with van der Waals surface area (Å²) in [5.74, 6) is -0.849. The van der Waals surface area contributed by atoms with Gasteiger partial charge in [-0.1, -0.05) is 11.3 Å². The van der Waals surface area contributed by atoms with Crippen molar-refractivity contribution in [1.29, 1.82) is 0 Å². The van der Waals surface area contributed by atoms with Crippen LogP contribution in [0, 0.1) is 0 Å². The second kappa shape index (κ2) is 5.57. The number of hydrogen-bond acceptors (Lipinski definition) is 6. The number of ether oxygens (including phenoxy) is 1. The summed E-state index contributed by atoms with van der Waals surface area (Å²) in [4.78, 5) is 16.8. The average molecular weight is 309 g/mol. The fourth-order valence-electron chi connectivity index (χ4n) is 1.99. The van der Waals surface area contributed by atoms with Crippen molar-refractivity contribution < 1.29 is 22.7 Å². The van der Waals surface area contributed by atoms with Crippen LogP contribution in [0.3, 0.4) is 0 Å². The minimum Gasteiger partial charge on any atom is -0.464 e. The topological polar surface area (TPSA) is 54.5 Å². The van der Waals surface area contributed by atoms with E-state index in [1.165, 1.54) is 0 Å². The average Bonchev–Trinajstić information content (AvgIpc) is 2.82. The third-order valence-corrected chi connectivity index (χ3v) is 4.05. The first-order valence-electron chi connectivity index (χ1n) is 5.97. The molecule has 1 fully saturated rings. The molecule has 1 atom stereocenters. The Morgan fingerprint density at radius 1 is 1.55 bits per heavy atom. The molecule has 1 N–H and O–H groups in total. The van der Waals surface area contributed by atoms with E-state index in [0.29, 0.717) is 31.0 Å². The smallest absolute Gasteiger partial charge is 0.443 e. The van der Waals surface area contributed by atoms with Crippen molar-refractivity contribution >= 4 is 22.3 Å². The number of rotatable bonds is 2. The first-order valence-corrected chi connectivity index (χ1v) is 6.79. The summed E-state index contributed by atoms with van der Waals surface area (Å²) in [5.41, 5.74) is -0.265. The van der Waals surface area contributed by atoms with Gasteiger partial charge in [0.2, 0.25) is 5.01 Å². The van der Waals surface area contributed by atoms with Gasteiger partial charge in [0, 0.05) is 25.7 Å². The molecule has 1 saturated heterocycles. The van der Waals surface area contributed by atoms with Crippen molar-refractivity contribution in [2.75, 3.05) is 31.6 Å². The molecular formula is C11H14F3N3O2S. The Morgan fingerprint density at radius 3 is 2.80 bits per heavy atom. The van der Waals surface area contributed by atoms with Crippen LogP contribution in [-0.2, 0) is 10.9 Å². The molecule has 0 aromatic carbocycles. The highest BCUT2D eigenvalue weighted by atomic mass is 32.1. The number of hydrogen-bond donors (Lipinski definition) is 1. The minimum absolute atomic E-state index is 0.130. The van der Waals surface area contributed by atoms with Crippen molar-refractivity contribution in [1.82, 2.24) is 10.3 Å². The van der Waals surface area contributed by atoms with E-state index >= 15 is 0 Å². The number of carbonyl (C=O) groups excluding carboxylic acids is 1. The molecule has 112 valence electrons. The van der Waals surface area contributed by atoms with E-state index in [1.807, 2.05) is 6.92 Å². The quantitative estimate of drug-likeness (QED) is 0.844. The highest BCUT2D eigenvalue weighted by Gasteiger charge is 2.38. The van der Waals surface area contributed by atoms with Crippen LogP contribution in [0.4, 0.5) is 18.2 Å². The number of thiazole rings is 1. The van der Waals surface area contributed by atoms with Crippen molar-refractivity contribution in [3.63, 3.8) is 0 Å². The summed E-state index contributed by atoms with van der Waals surface area (Å²) in [6, 6.07) is 0.130. The fourth-order valence-corrected chi connectivity index (χ4v) is 2.95. The fraction of sp³-hybridized carbons (Fsp3) is 0.636. The minimum atomic E-state index is -4.56. The van der Waals surface area contributed by atoms with Crippen LogP contribution in [0.1, 0.15) is 22.4 Å². The first-order chi connectivity index (χ1) is 9.32. The summed E-state index contributed by atoms with van der Waals surface area (Å²) in [6.45, 7) is 3.61. The molecule has 0 radical (unpaired) electrons. The second-order valence-electron chi connectivity index (χ2n) is 4.46. The molecule has 1 aliphatic heterocycles. The Hall–Kier alpha value is -1.35. The number of piperazine rings is 1. The predicted octanol–water partition coefficient (Wildman–Crippen LogP) is 1.75. The number of methoxy groups -OCH3 is 1. The molecule has 9 heteroatoms. The second-order valence-corrected chi connectivity index (χ2v) is 5.44. The van der Waals surface area contributed by atoms with E-state index in [2.05, 4.69) is 15.0 Å². The van der Waals surface area contributed by atoms with Crippen LogP contribution in [0.15, 0.2) is 0 Å². The van der Waals surface area contributed by atoms with Gasteiger partial charge in [-0.05, 0) is 6.92 Å². The van der Waals surface area contributed by atoms with E-state index in [1.54, 1.807) is 4.90 Å². The van der Waals surface area contributed by atoms with Gasteiger partial charge in [-0.3, -0.25) is 0 Å². The van der Waals surface area contributed by atoms with Crippen LogP contribution in [0.25, 0.3) is 0 Å². The van der Waals surface area contributed by atoms with Crippen molar-refractivity contribution in [2.24, 2.45) is 0 Å². The van der Waals surface area contributed by atoms with Gasteiger partial charge in [0.05, 0.1) is 7.11 Å². The highest BCUT2D eigenvalue weighted by molar-refractivity contribution is 7.16. The van der Waals surface area contributed by atoms with E-state index in [4.69, 9.17) is 0 Å². The molecule has 0 bridgehead atoms. The number of nitrogens with one attached hydrogen (secondary N) is 1. The number of carbonyl (C=O) groups is 1. The molecule has 2 heterocycles. The lowest BCUT2D eigenvalue weighted by Gasteiger charge is -2.32. The summed E-state index contributed by atoms with van der Waals surface area (Å²) in [5, 5.41) is 2.38. The van der Waals surface area contributed by atoms with Crippen molar-refractivity contribution in [2.45, 2.75) is 19.1 Å². The monoisotopic (exact) mass is 309 g/mol. The summed E-state index contributed by atoms with van der Waals surface area (Å²) in [7, 11) is 1.12. The summed E-state index contributed by atoms with van der Waals surface area (Å²) in [6.07, 6.45) is -4.56. The lowest BCUT2D eigenvalue weighted by molar-refractivity contribution is -0.137. The molecule has 2 rings (SSSR count). The number of aromatic nitrogens is 1. The zero-order valence-electron chi connectivity index (χ0n) is 11.0. The van der Waals surface area contributed by atoms with Gasteiger partial charge in [0.1, 0.15) is 5.00 Å². The van der Waals surface area contributed by atoms with Gasteiger partial charge in [-0.25, -0.2) is 9.78 Å². The summed E-state index contributed by atoms with van der Waals surface area (Å²) < 4.78 is 42.8. The van der Waals surface area contributed by atoms with E-state index in [-0.39, 0.29) is 16.7 Å². The Kier molecular flexibility index (Phi) is 4.19. The summed E-state index contributed by atoms with van der Waals surface area (Å²) >= 11 is 0.480. The molecule has 0 aliphatic carbocycles. The maximum atomic E-state index is 12.8. The number of alkyl halides is 3. The Bertz CT molecular complexity index is 504. The van der Waals surface area contributed by atoms with Gasteiger partial charge in [0.15, 0.2) is 5.69 Å². The maximum Gasteiger partial charge on any atom is 0.443 e. The van der Waals surface area contributed by atoms with Crippen LogP contribution >= 0.6 is 11.3 Å². The van der Waals surface area contributed by atoms with Crippen LogP contribution in [0.2, 0.25) is 0 Å². The zero-order valence-corrected chi connectivity index (χ0v) is 11.8. The molecule has 0 spiro atoms. The molecular weight excluding hydrogens is 295 g/mol. The van der Waals surface area contributed by atoms with Crippen LogP contribution in [0.5, 0.6) is 0 Å². The van der Waals surface area contributed by atoms with Gasteiger partial charge >= 0.3 is 12.1 Å². The number of halogens is 3. The molecule has 20 heavy (non-hydrogen) atoms. The molecule has 1 aliphatic rings. The standard InChI is InChI=1S/C11H14F3N3O2S/c1-6-5-17(4-3-15-6)8-7(9(18)19-2)16-10(20-8)11(12,13)14/h6,15H,3-5H2,1-2H3. The molecule has 1 aromatic rings. The van der Waals surface area contributed by atoms with Crippen molar-refractivity contribution in [3.8, 4) is 0 Å². The highest BCUT2D eigenvalue weighted by Crippen LogP contribution is 2.39. The zero-order chi connectivity index (χ0) is 14.9. The SMILES string of the molecule is COC(=O)c1nc(C(F)(F)F)sc1N1CCNC(C)C1. The van der Waals surface area contributed by atoms with E-state index in [0.717, 1.165) is 7.11 Å². The molecule has 0 amide bonds. The third kappa shape index (κ3) is 3.04. The van der Waals surface area contributed by atoms with Gasteiger partial charge in [-0.2, -0.15) is 13.2 Å². The lowest BCUT2D eigenvalue weighted by Crippen LogP contribution is -2.49. The number of anilines is 1. The Balaban J connectivity index is 2.39. The lowest BCUT2D eigenvalue weighted by atomic mass is 10.2. The molecule has 1 aromatic heterocycles. The predicted molar refractivity (Wildman–Crippen MR) is 68.1 cm³/mol. The van der Waals surface area contributed by atoms with E-state index < -0.39 is 17.2 Å². The molecule has 1 unspecified atom stereocenters. The number of nitrogens with zero attached hydrogens (tertiary/aromatic N) is 2. The Morgan fingerprint density at radius 2 is 2.25 bits per heavy atom. The largest absolute Gasteiger partial charge is 0.464 e. The molecule has 5 nitrogen and oxygen atoms in total. The third-order valence-electron chi connectivity index (χ3n) is 2.89. The molecule has 0 saturated carbocycles. The van der Waals surface area contributed by atoms with Crippen LogP contribution < -0.4 is 10.2 Å². The maximum absolute atomic E-state index is 12.8. The van der Waals surface area contributed by atoms with Gasteiger partial charge in [0.25, 0.3) is 0 Å². The van der Waals surface area contributed by atoms with Crippen LogP contribution in [-0.4, -0.2) is 43.7 Å². The van der Waals surface area contributed by atoms with E-state index in [9.17, 15) is 18.0 Å². The first kappa shape index (κ1) is 15.0. The normalized spacial score (nSPS) is 20.1. The van der Waals surface area contributed by atoms with Gasteiger partial charge in [-0.15, -0.1) is 0 Å².